The molecule has 0 saturated carbocycles. The monoisotopic (exact) mass is 272 g/mol. The quantitative estimate of drug-likeness (QED) is 0.760. The van der Waals surface area contributed by atoms with Crippen molar-refractivity contribution < 1.29 is 14.1 Å². The topological polar surface area (TPSA) is 59.6 Å². The normalized spacial score (nSPS) is 23.1. The molecule has 1 amide bonds. The number of amides is 1. The Kier molecular flexibility index (Phi) is 2.88. The third-order valence-electron chi connectivity index (χ3n) is 4.31. The van der Waals surface area contributed by atoms with Crippen LogP contribution in [0.15, 0.2) is 24.3 Å². The van der Waals surface area contributed by atoms with Gasteiger partial charge in [0, 0.05) is 5.69 Å². The lowest BCUT2D eigenvalue weighted by Crippen LogP contribution is -2.60. The minimum absolute atomic E-state index is 0.112. The van der Waals surface area contributed by atoms with Crippen molar-refractivity contribution in [2.24, 2.45) is 0 Å². The van der Waals surface area contributed by atoms with Crippen molar-refractivity contribution in [1.29, 1.82) is 0 Å². The van der Waals surface area contributed by atoms with Gasteiger partial charge < -0.3 is 19.8 Å². The predicted molar refractivity (Wildman–Crippen MR) is 79.4 cm³/mol. The maximum absolute atomic E-state index is 12.1. The first kappa shape index (κ1) is 13.5. The smallest absolute Gasteiger partial charge is 0.411 e. The summed E-state index contributed by atoms with van der Waals surface area (Å²) in [6, 6.07) is 7.41. The van der Waals surface area contributed by atoms with E-state index in [-0.39, 0.29) is 5.91 Å². The van der Waals surface area contributed by atoms with Crippen molar-refractivity contribution in [2.75, 3.05) is 5.23 Å². The minimum Gasteiger partial charge on any atom is -0.411 e. The van der Waals surface area contributed by atoms with Gasteiger partial charge >= 0.3 is 13.9 Å². The van der Waals surface area contributed by atoms with Crippen LogP contribution in [0.25, 0.3) is 0 Å². The van der Waals surface area contributed by atoms with E-state index in [2.05, 4.69) is 10.5 Å². The van der Waals surface area contributed by atoms with Crippen LogP contribution in [0.2, 0.25) is 0 Å². The molecule has 0 atom stereocenters. The van der Waals surface area contributed by atoms with Crippen LogP contribution in [-0.4, -0.2) is 31.0 Å². The molecule has 5 nitrogen and oxygen atoms in total. The zero-order valence-electron chi connectivity index (χ0n) is 12.2. The summed E-state index contributed by atoms with van der Waals surface area (Å²) in [7, 11) is -0.516. The van der Waals surface area contributed by atoms with E-state index in [9.17, 15) is 4.79 Å². The number of fused-ring (bicyclic) bond motifs is 1. The summed E-state index contributed by atoms with van der Waals surface area (Å²) < 4.78 is 11.9. The van der Waals surface area contributed by atoms with Gasteiger partial charge in [-0.3, -0.25) is 4.79 Å². The van der Waals surface area contributed by atoms with E-state index in [0.717, 1.165) is 5.69 Å². The summed E-state index contributed by atoms with van der Waals surface area (Å²) in [6.45, 7) is 7.58. The van der Waals surface area contributed by atoms with Gasteiger partial charge in [0.05, 0.1) is 16.8 Å². The standard InChI is InChI=1S/C13H18B2N2O3/c1-12(2)13(3,4)20-15(19-12)14-16-10-8-6-5-7-9(10)11(18)17-14/h5-8,16H,1-4H3,(H,17,18). The number of carbonyl (C=O) groups is 1. The molecule has 2 heterocycles. The fourth-order valence-electron chi connectivity index (χ4n) is 2.39. The number of rotatable bonds is 1. The molecule has 2 aliphatic heterocycles. The molecular formula is C13H18B2N2O3. The highest BCUT2D eigenvalue weighted by Crippen LogP contribution is 2.37. The van der Waals surface area contributed by atoms with Crippen LogP contribution in [0.3, 0.4) is 0 Å². The van der Waals surface area contributed by atoms with Gasteiger partial charge in [-0.05, 0) is 39.8 Å². The lowest BCUT2D eigenvalue weighted by Gasteiger charge is -2.32. The highest BCUT2D eigenvalue weighted by atomic mass is 16.7. The molecule has 7 heteroatoms. The Morgan fingerprint density at radius 3 is 2.25 bits per heavy atom. The largest absolute Gasteiger partial charge is 0.468 e. The molecule has 1 saturated heterocycles. The molecule has 104 valence electrons. The Morgan fingerprint density at radius 2 is 1.60 bits per heavy atom. The average Bonchev–Trinajstić information content (AvgIpc) is 2.58. The molecule has 1 fully saturated rings. The minimum atomic E-state index is -0.516. The Bertz CT molecular complexity index is 546. The van der Waals surface area contributed by atoms with Gasteiger partial charge in [0.2, 0.25) is 5.91 Å². The molecular weight excluding hydrogens is 254 g/mol. The maximum Gasteiger partial charge on any atom is 0.468 e. The van der Waals surface area contributed by atoms with Crippen LogP contribution in [0.5, 0.6) is 0 Å². The first-order valence-corrected chi connectivity index (χ1v) is 6.82. The third-order valence-corrected chi connectivity index (χ3v) is 4.31. The van der Waals surface area contributed by atoms with Gasteiger partial charge in [-0.25, -0.2) is 0 Å². The lowest BCUT2D eigenvalue weighted by atomic mass is 9.40. The van der Waals surface area contributed by atoms with Crippen LogP contribution >= 0.6 is 0 Å². The highest BCUT2D eigenvalue weighted by Gasteiger charge is 2.56. The Labute approximate surface area is 119 Å². The van der Waals surface area contributed by atoms with Crippen LogP contribution in [0.4, 0.5) is 5.69 Å². The Balaban J connectivity index is 1.83. The second-order valence-corrected chi connectivity index (χ2v) is 6.27. The maximum atomic E-state index is 12.1. The first-order chi connectivity index (χ1) is 9.30. The van der Waals surface area contributed by atoms with Gasteiger partial charge in [0.15, 0.2) is 0 Å². The van der Waals surface area contributed by atoms with Crippen molar-refractivity contribution in [3.05, 3.63) is 29.8 Å². The number of hydrogen-bond acceptors (Lipinski definition) is 4. The number of benzene rings is 1. The molecule has 0 unspecified atom stereocenters. The van der Waals surface area contributed by atoms with Crippen molar-refractivity contribution >= 4 is 25.5 Å². The molecule has 0 bridgehead atoms. The molecule has 1 aromatic rings. The van der Waals surface area contributed by atoms with Crippen LogP contribution < -0.4 is 10.5 Å². The number of carbonyl (C=O) groups excluding carboxylic acids is 1. The molecule has 0 spiro atoms. The van der Waals surface area contributed by atoms with Gasteiger partial charge in [-0.15, -0.1) is 0 Å². The molecule has 0 aromatic heterocycles. The van der Waals surface area contributed by atoms with Gasteiger partial charge in [0.1, 0.15) is 0 Å². The van der Waals surface area contributed by atoms with Gasteiger partial charge in [0.25, 0.3) is 0 Å². The molecule has 2 N–H and O–H groups in total. The number of nitrogens with one attached hydrogen (secondary N) is 2. The Morgan fingerprint density at radius 1 is 1.00 bits per heavy atom. The van der Waals surface area contributed by atoms with Crippen molar-refractivity contribution in [1.82, 2.24) is 5.23 Å². The zero-order valence-corrected chi connectivity index (χ0v) is 12.2. The summed E-state index contributed by atoms with van der Waals surface area (Å²) in [4.78, 5) is 12.1. The number of anilines is 1. The van der Waals surface area contributed by atoms with Gasteiger partial charge in [-0.2, -0.15) is 0 Å². The highest BCUT2D eigenvalue weighted by molar-refractivity contribution is 7.18. The average molecular weight is 272 g/mol. The molecule has 2 aliphatic rings. The van der Waals surface area contributed by atoms with E-state index in [1.54, 1.807) is 6.07 Å². The summed E-state index contributed by atoms with van der Waals surface area (Å²) >= 11 is 0. The van der Waals surface area contributed by atoms with Crippen LogP contribution in [0, 0.1) is 0 Å². The zero-order chi connectivity index (χ0) is 14.5. The molecule has 3 rings (SSSR count). The Hall–Kier alpha value is -1.46. The van der Waals surface area contributed by atoms with E-state index in [1.807, 2.05) is 45.9 Å². The second-order valence-electron chi connectivity index (χ2n) is 6.27. The third kappa shape index (κ3) is 2.01. The fraction of sp³-hybridized carbons (Fsp3) is 0.462. The molecule has 1 aromatic carbocycles. The summed E-state index contributed by atoms with van der Waals surface area (Å²) in [5, 5.41) is 6.15. The molecule has 0 radical (unpaired) electrons. The number of hydrogen-bond donors (Lipinski definition) is 2. The summed E-state index contributed by atoms with van der Waals surface area (Å²) in [5.41, 5.74) is 0.610. The van der Waals surface area contributed by atoms with E-state index in [0.29, 0.717) is 5.56 Å². The van der Waals surface area contributed by atoms with Crippen molar-refractivity contribution in [3.8, 4) is 0 Å². The number of para-hydroxylation sites is 1. The van der Waals surface area contributed by atoms with E-state index >= 15 is 0 Å². The fourth-order valence-corrected chi connectivity index (χ4v) is 2.39. The van der Waals surface area contributed by atoms with Crippen molar-refractivity contribution in [2.45, 2.75) is 38.9 Å². The SMILES string of the molecule is CC1(C)OB(B2NC(=O)c3ccccc3N2)OC1(C)C. The van der Waals surface area contributed by atoms with Crippen molar-refractivity contribution in [3.63, 3.8) is 0 Å². The molecule has 0 aliphatic carbocycles. The van der Waals surface area contributed by atoms with E-state index in [1.165, 1.54) is 0 Å². The van der Waals surface area contributed by atoms with E-state index in [4.69, 9.17) is 9.31 Å². The first-order valence-electron chi connectivity index (χ1n) is 6.82. The summed E-state index contributed by atoms with van der Waals surface area (Å²) in [6.07, 6.45) is 0. The lowest BCUT2D eigenvalue weighted by molar-refractivity contribution is 0.00578. The molecule has 20 heavy (non-hydrogen) atoms. The van der Waals surface area contributed by atoms with Gasteiger partial charge in [-0.1, -0.05) is 12.1 Å². The van der Waals surface area contributed by atoms with Crippen LogP contribution in [0.1, 0.15) is 38.1 Å². The summed E-state index contributed by atoms with van der Waals surface area (Å²) in [5.74, 6) is -0.112. The van der Waals surface area contributed by atoms with Crippen LogP contribution in [-0.2, 0) is 9.31 Å². The van der Waals surface area contributed by atoms with E-state index < -0.39 is 25.1 Å². The second kappa shape index (κ2) is 4.27. The predicted octanol–water partition coefficient (Wildman–Crippen LogP) is 1.50.